The van der Waals surface area contributed by atoms with Gasteiger partial charge in [0.15, 0.2) is 5.01 Å². The molecule has 0 bridgehead atoms. The van der Waals surface area contributed by atoms with Crippen molar-refractivity contribution in [3.05, 3.63) is 49.3 Å². The molecule has 0 aliphatic heterocycles. The molecule has 1 atom stereocenters. The van der Waals surface area contributed by atoms with Gasteiger partial charge in [-0.15, -0.1) is 11.3 Å². The van der Waals surface area contributed by atoms with Crippen LogP contribution in [0.3, 0.4) is 0 Å². The van der Waals surface area contributed by atoms with Crippen LogP contribution in [0.25, 0.3) is 0 Å². The lowest BCUT2D eigenvalue weighted by Gasteiger charge is -2.10. The zero-order valence-corrected chi connectivity index (χ0v) is 12.4. The lowest BCUT2D eigenvalue weighted by Crippen LogP contribution is -2.10. The molecule has 1 unspecified atom stereocenters. The smallest absolute Gasteiger partial charge is 0.320 e. The highest BCUT2D eigenvalue weighted by Crippen LogP contribution is 2.36. The fourth-order valence-corrected chi connectivity index (χ4v) is 2.76. The van der Waals surface area contributed by atoms with Crippen molar-refractivity contribution in [1.82, 2.24) is 4.98 Å². The highest BCUT2D eigenvalue weighted by atomic mass is 79.9. The van der Waals surface area contributed by atoms with E-state index in [0.29, 0.717) is 31.3 Å². The first kappa shape index (κ1) is 14.8. The van der Waals surface area contributed by atoms with Crippen molar-refractivity contribution in [2.45, 2.75) is 12.2 Å². The summed E-state index contributed by atoms with van der Waals surface area (Å²) in [5, 5.41) is -0.387. The van der Waals surface area contributed by atoms with Crippen molar-refractivity contribution in [2.24, 2.45) is 5.73 Å². The largest absolute Gasteiger partial charge is 0.443 e. The SMILES string of the molecule is NC(c1ccc(Cl)c(Br)c1)c1cnc(C(F)(F)F)s1. The fourth-order valence-electron chi connectivity index (χ4n) is 1.43. The van der Waals surface area contributed by atoms with E-state index >= 15 is 0 Å². The van der Waals surface area contributed by atoms with Gasteiger partial charge in [-0.3, -0.25) is 0 Å². The Morgan fingerprint density at radius 3 is 2.58 bits per heavy atom. The molecular formula is C11H7BrClF3N2S. The van der Waals surface area contributed by atoms with Gasteiger partial charge in [0.05, 0.1) is 11.1 Å². The second-order valence-electron chi connectivity index (χ2n) is 3.72. The van der Waals surface area contributed by atoms with E-state index in [1.165, 1.54) is 0 Å². The summed E-state index contributed by atoms with van der Waals surface area (Å²) in [5.41, 5.74) is 6.59. The molecule has 0 fully saturated rings. The predicted octanol–water partition coefficient (Wildman–Crippen LogP) is 4.63. The molecule has 2 aromatic rings. The Hall–Kier alpha value is -0.630. The number of thiazole rings is 1. The maximum absolute atomic E-state index is 12.5. The van der Waals surface area contributed by atoms with Gasteiger partial charge in [0, 0.05) is 15.5 Å². The molecule has 0 aliphatic rings. The summed E-state index contributed by atoms with van der Waals surface area (Å²) in [6.45, 7) is 0. The third-order valence-corrected chi connectivity index (χ3v) is 4.71. The van der Waals surface area contributed by atoms with Crippen molar-refractivity contribution in [3.63, 3.8) is 0 Å². The van der Waals surface area contributed by atoms with E-state index in [0.717, 1.165) is 6.20 Å². The fraction of sp³-hybridized carbons (Fsp3) is 0.182. The van der Waals surface area contributed by atoms with Crippen LogP contribution in [-0.4, -0.2) is 4.98 Å². The Bertz CT molecular complexity index is 600. The minimum absolute atomic E-state index is 0.349. The number of aromatic nitrogens is 1. The van der Waals surface area contributed by atoms with Crippen LogP contribution in [0.1, 0.15) is 21.5 Å². The first-order chi connectivity index (χ1) is 8.79. The van der Waals surface area contributed by atoms with E-state index < -0.39 is 17.2 Å². The van der Waals surface area contributed by atoms with Crippen LogP contribution < -0.4 is 5.73 Å². The average molecular weight is 372 g/mol. The number of nitrogens with zero attached hydrogens (tertiary/aromatic N) is 1. The molecule has 0 aliphatic carbocycles. The molecule has 102 valence electrons. The number of hydrogen-bond acceptors (Lipinski definition) is 3. The first-order valence-electron chi connectivity index (χ1n) is 5.02. The quantitative estimate of drug-likeness (QED) is 0.836. The molecule has 2 rings (SSSR count). The Labute approximate surface area is 124 Å². The molecule has 8 heteroatoms. The third-order valence-electron chi connectivity index (χ3n) is 2.38. The van der Waals surface area contributed by atoms with Crippen LogP contribution in [0.5, 0.6) is 0 Å². The van der Waals surface area contributed by atoms with Crippen LogP contribution in [0, 0.1) is 0 Å². The summed E-state index contributed by atoms with van der Waals surface area (Å²) in [5.74, 6) is 0. The molecule has 19 heavy (non-hydrogen) atoms. The molecule has 1 aromatic carbocycles. The second-order valence-corrected chi connectivity index (χ2v) is 6.04. The topological polar surface area (TPSA) is 38.9 Å². The van der Waals surface area contributed by atoms with Gasteiger partial charge >= 0.3 is 6.18 Å². The molecule has 0 saturated carbocycles. The Morgan fingerprint density at radius 1 is 1.37 bits per heavy atom. The number of hydrogen-bond donors (Lipinski definition) is 1. The Kier molecular flexibility index (Phi) is 4.20. The molecule has 1 heterocycles. The highest BCUT2D eigenvalue weighted by molar-refractivity contribution is 9.10. The molecule has 2 nitrogen and oxygen atoms in total. The number of alkyl halides is 3. The highest BCUT2D eigenvalue weighted by Gasteiger charge is 2.35. The summed E-state index contributed by atoms with van der Waals surface area (Å²) in [6, 6.07) is 4.32. The Morgan fingerprint density at radius 2 is 2.05 bits per heavy atom. The van der Waals surface area contributed by atoms with Crippen molar-refractivity contribution in [3.8, 4) is 0 Å². The van der Waals surface area contributed by atoms with Gasteiger partial charge in [-0.25, -0.2) is 4.98 Å². The maximum Gasteiger partial charge on any atom is 0.443 e. The standard InChI is InChI=1S/C11H7BrClF3N2S/c12-6-3-5(1-2-7(6)13)9(17)8-4-18-10(19-8)11(14,15)16/h1-4,9H,17H2. The lowest BCUT2D eigenvalue weighted by molar-refractivity contribution is -0.137. The summed E-state index contributed by atoms with van der Waals surface area (Å²) in [4.78, 5) is 3.70. The van der Waals surface area contributed by atoms with Gasteiger partial charge in [0.25, 0.3) is 0 Å². The van der Waals surface area contributed by atoms with Crippen LogP contribution in [0.4, 0.5) is 13.2 Å². The first-order valence-corrected chi connectivity index (χ1v) is 7.01. The zero-order valence-electron chi connectivity index (χ0n) is 9.21. The van der Waals surface area contributed by atoms with E-state index in [2.05, 4.69) is 20.9 Å². The van der Waals surface area contributed by atoms with E-state index in [1.54, 1.807) is 18.2 Å². The van der Waals surface area contributed by atoms with Crippen molar-refractivity contribution < 1.29 is 13.2 Å². The normalized spacial score (nSPS) is 13.6. The van der Waals surface area contributed by atoms with Crippen molar-refractivity contribution in [2.75, 3.05) is 0 Å². The summed E-state index contributed by atoms with van der Waals surface area (Å²) < 4.78 is 38.0. The van der Waals surface area contributed by atoms with Gasteiger partial charge in [0.1, 0.15) is 0 Å². The molecule has 2 N–H and O–H groups in total. The zero-order chi connectivity index (χ0) is 14.2. The average Bonchev–Trinajstić information content (AvgIpc) is 2.81. The second kappa shape index (κ2) is 5.40. The van der Waals surface area contributed by atoms with Gasteiger partial charge in [-0.05, 0) is 33.6 Å². The minimum Gasteiger partial charge on any atom is -0.320 e. The van der Waals surface area contributed by atoms with Crippen molar-refractivity contribution >= 4 is 38.9 Å². The van der Waals surface area contributed by atoms with Crippen LogP contribution in [0.15, 0.2) is 28.9 Å². The molecule has 0 amide bonds. The van der Waals surface area contributed by atoms with E-state index in [1.807, 2.05) is 0 Å². The maximum atomic E-state index is 12.5. The number of halogens is 5. The number of rotatable bonds is 2. The predicted molar refractivity (Wildman–Crippen MR) is 72.3 cm³/mol. The van der Waals surface area contributed by atoms with Gasteiger partial charge in [0.2, 0.25) is 0 Å². The summed E-state index contributed by atoms with van der Waals surface area (Å²) in [7, 11) is 0. The molecule has 0 saturated heterocycles. The monoisotopic (exact) mass is 370 g/mol. The van der Waals surface area contributed by atoms with Crippen molar-refractivity contribution in [1.29, 1.82) is 0 Å². The Balaban J connectivity index is 2.31. The molecule has 1 aromatic heterocycles. The summed E-state index contributed by atoms with van der Waals surface area (Å²) >= 11 is 9.64. The lowest BCUT2D eigenvalue weighted by atomic mass is 10.1. The molecule has 0 radical (unpaired) electrons. The van der Waals surface area contributed by atoms with E-state index in [4.69, 9.17) is 17.3 Å². The van der Waals surface area contributed by atoms with E-state index in [-0.39, 0.29) is 0 Å². The third kappa shape index (κ3) is 3.28. The number of benzene rings is 1. The van der Waals surface area contributed by atoms with E-state index in [9.17, 15) is 13.2 Å². The van der Waals surface area contributed by atoms with Gasteiger partial charge in [-0.2, -0.15) is 13.2 Å². The minimum atomic E-state index is -4.44. The van der Waals surface area contributed by atoms with Gasteiger partial charge in [-0.1, -0.05) is 17.7 Å². The molecule has 0 spiro atoms. The summed E-state index contributed by atoms with van der Waals surface area (Å²) in [6.07, 6.45) is -3.29. The molecular weight excluding hydrogens is 365 g/mol. The van der Waals surface area contributed by atoms with Crippen LogP contribution in [0.2, 0.25) is 5.02 Å². The van der Waals surface area contributed by atoms with Crippen LogP contribution >= 0.6 is 38.9 Å². The van der Waals surface area contributed by atoms with Gasteiger partial charge < -0.3 is 5.73 Å². The number of nitrogens with two attached hydrogens (primary N) is 1. The van der Waals surface area contributed by atoms with Crippen LogP contribution in [-0.2, 0) is 6.18 Å².